The van der Waals surface area contributed by atoms with Crippen LogP contribution in [-0.4, -0.2) is 19.0 Å². The molecule has 0 aliphatic carbocycles. The maximum atomic E-state index is 12.3. The molecule has 2 aromatic carbocycles. The maximum Gasteiger partial charge on any atom is 0.266 e. The zero-order valence-corrected chi connectivity index (χ0v) is 15.9. The average Bonchev–Trinajstić information content (AvgIpc) is 2.63. The Labute approximate surface area is 156 Å². The molecule has 2 rings (SSSR count). The zero-order valence-electron chi connectivity index (χ0n) is 14.3. The Morgan fingerprint density at radius 2 is 1.72 bits per heavy atom. The zero-order chi connectivity index (χ0) is 18.2. The van der Waals surface area contributed by atoms with E-state index in [1.54, 1.807) is 18.2 Å². The number of rotatable bonds is 6. The highest BCUT2D eigenvalue weighted by Crippen LogP contribution is 2.18. The highest BCUT2D eigenvalue weighted by atomic mass is 79.9. The van der Waals surface area contributed by atoms with Crippen LogP contribution in [0.2, 0.25) is 0 Å². The Hall–Kier alpha value is -2.58. The van der Waals surface area contributed by atoms with Gasteiger partial charge in [0.2, 0.25) is 0 Å². The van der Waals surface area contributed by atoms with Gasteiger partial charge in [-0.1, -0.05) is 28.1 Å². The monoisotopic (exact) mass is 397 g/mol. The second-order valence-corrected chi connectivity index (χ2v) is 6.31. The molecule has 0 atom stereocenters. The lowest BCUT2D eigenvalue weighted by Gasteiger charge is -2.20. The molecule has 0 unspecified atom stereocenters. The van der Waals surface area contributed by atoms with Crippen LogP contribution in [0.1, 0.15) is 19.4 Å². The lowest BCUT2D eigenvalue weighted by Crippen LogP contribution is -2.21. The number of carbonyl (C=O) groups excluding carboxylic acids is 1. The first-order chi connectivity index (χ1) is 12.1. The van der Waals surface area contributed by atoms with Crippen LogP contribution in [0, 0.1) is 11.3 Å². The van der Waals surface area contributed by atoms with Crippen molar-refractivity contribution in [1.29, 1.82) is 5.26 Å². The number of amides is 1. The van der Waals surface area contributed by atoms with Gasteiger partial charge in [-0.05, 0) is 61.9 Å². The number of nitrogens with one attached hydrogen (secondary N) is 1. The third kappa shape index (κ3) is 5.20. The summed E-state index contributed by atoms with van der Waals surface area (Å²) < 4.78 is 0.926. The molecular formula is C20H20BrN3O. The van der Waals surface area contributed by atoms with E-state index in [-0.39, 0.29) is 5.57 Å². The molecule has 1 N–H and O–H groups in total. The summed E-state index contributed by atoms with van der Waals surface area (Å²) in [5.74, 6) is -0.419. The molecule has 5 heteroatoms. The number of nitrogens with zero attached hydrogens (tertiary/aromatic N) is 2. The predicted octanol–water partition coefficient (Wildman–Crippen LogP) is 4.84. The molecule has 1 amide bonds. The van der Waals surface area contributed by atoms with Crippen LogP contribution in [-0.2, 0) is 4.79 Å². The molecule has 0 aliphatic rings. The second kappa shape index (κ2) is 9.05. The van der Waals surface area contributed by atoms with E-state index in [2.05, 4.69) is 40.0 Å². The van der Waals surface area contributed by atoms with Crippen LogP contribution in [0.25, 0.3) is 6.08 Å². The van der Waals surface area contributed by atoms with E-state index >= 15 is 0 Å². The van der Waals surface area contributed by atoms with E-state index in [0.29, 0.717) is 5.69 Å². The first-order valence-corrected chi connectivity index (χ1v) is 8.90. The van der Waals surface area contributed by atoms with Gasteiger partial charge in [0.1, 0.15) is 11.6 Å². The summed E-state index contributed by atoms with van der Waals surface area (Å²) >= 11 is 3.34. The fourth-order valence-corrected chi connectivity index (χ4v) is 2.68. The van der Waals surface area contributed by atoms with E-state index in [1.165, 1.54) is 0 Å². The fourth-order valence-electron chi connectivity index (χ4n) is 2.42. The molecule has 0 radical (unpaired) electrons. The molecule has 25 heavy (non-hydrogen) atoms. The summed E-state index contributed by atoms with van der Waals surface area (Å²) in [7, 11) is 0. The summed E-state index contributed by atoms with van der Waals surface area (Å²) in [4.78, 5) is 14.5. The first kappa shape index (κ1) is 18.8. The quantitative estimate of drug-likeness (QED) is 0.560. The molecule has 0 aliphatic heterocycles. The van der Waals surface area contributed by atoms with Crippen molar-refractivity contribution in [2.75, 3.05) is 23.3 Å². The average molecular weight is 398 g/mol. The molecule has 128 valence electrons. The maximum absolute atomic E-state index is 12.3. The largest absolute Gasteiger partial charge is 0.372 e. The first-order valence-electron chi connectivity index (χ1n) is 8.11. The van der Waals surface area contributed by atoms with Crippen molar-refractivity contribution in [2.45, 2.75) is 13.8 Å². The van der Waals surface area contributed by atoms with Gasteiger partial charge < -0.3 is 10.2 Å². The van der Waals surface area contributed by atoms with Gasteiger partial charge in [-0.25, -0.2) is 0 Å². The minimum Gasteiger partial charge on any atom is -0.372 e. The lowest BCUT2D eigenvalue weighted by atomic mass is 10.1. The molecule has 2 aromatic rings. The Morgan fingerprint density at radius 3 is 2.24 bits per heavy atom. The third-order valence-corrected chi connectivity index (χ3v) is 4.33. The summed E-state index contributed by atoms with van der Waals surface area (Å²) in [6, 6.07) is 17.0. The summed E-state index contributed by atoms with van der Waals surface area (Å²) in [6.07, 6.45) is 1.60. The van der Waals surface area contributed by atoms with Gasteiger partial charge in [-0.3, -0.25) is 4.79 Å². The SMILES string of the molecule is CCN(CC)c1ccc(/C=C(\C#N)C(=O)Nc2ccc(Br)cc2)cc1. The van der Waals surface area contributed by atoms with Crippen molar-refractivity contribution in [3.8, 4) is 6.07 Å². The number of carbonyl (C=O) groups is 1. The number of nitriles is 1. The Kier molecular flexibility index (Phi) is 6.79. The van der Waals surface area contributed by atoms with Crippen LogP contribution in [0.15, 0.2) is 58.6 Å². The number of benzene rings is 2. The minimum absolute atomic E-state index is 0.0681. The van der Waals surface area contributed by atoms with Gasteiger partial charge in [-0.15, -0.1) is 0 Å². The smallest absolute Gasteiger partial charge is 0.266 e. The predicted molar refractivity (Wildman–Crippen MR) is 106 cm³/mol. The van der Waals surface area contributed by atoms with Crippen LogP contribution in [0.4, 0.5) is 11.4 Å². The van der Waals surface area contributed by atoms with Gasteiger partial charge in [0.25, 0.3) is 5.91 Å². The van der Waals surface area contributed by atoms with Crippen LogP contribution < -0.4 is 10.2 Å². The van der Waals surface area contributed by atoms with E-state index in [1.807, 2.05) is 42.5 Å². The highest BCUT2D eigenvalue weighted by Gasteiger charge is 2.10. The van der Waals surface area contributed by atoms with Crippen molar-refractivity contribution in [3.05, 3.63) is 64.1 Å². The van der Waals surface area contributed by atoms with Gasteiger partial charge in [0, 0.05) is 28.9 Å². The van der Waals surface area contributed by atoms with Gasteiger partial charge >= 0.3 is 0 Å². The van der Waals surface area contributed by atoms with Crippen molar-refractivity contribution in [1.82, 2.24) is 0 Å². The van der Waals surface area contributed by atoms with E-state index < -0.39 is 5.91 Å². The van der Waals surface area contributed by atoms with Crippen molar-refractivity contribution in [3.63, 3.8) is 0 Å². The normalized spacial score (nSPS) is 10.9. The van der Waals surface area contributed by atoms with E-state index in [4.69, 9.17) is 0 Å². The molecule has 0 spiro atoms. The third-order valence-electron chi connectivity index (χ3n) is 3.80. The van der Waals surface area contributed by atoms with Crippen LogP contribution in [0.3, 0.4) is 0 Å². The summed E-state index contributed by atoms with van der Waals surface area (Å²) in [5.41, 5.74) is 2.66. The van der Waals surface area contributed by atoms with Crippen molar-refractivity contribution in [2.24, 2.45) is 0 Å². The number of anilines is 2. The van der Waals surface area contributed by atoms with Gasteiger partial charge in [0.05, 0.1) is 0 Å². The number of hydrogen-bond acceptors (Lipinski definition) is 3. The van der Waals surface area contributed by atoms with Gasteiger partial charge in [0.15, 0.2) is 0 Å². The molecular weight excluding hydrogens is 378 g/mol. The van der Waals surface area contributed by atoms with Crippen molar-refractivity contribution >= 4 is 39.3 Å². The summed E-state index contributed by atoms with van der Waals surface area (Å²) in [5, 5.41) is 12.0. The molecule has 0 saturated carbocycles. The number of halogens is 1. The Morgan fingerprint density at radius 1 is 1.12 bits per heavy atom. The van der Waals surface area contributed by atoms with Crippen molar-refractivity contribution < 1.29 is 4.79 Å². The fraction of sp³-hybridized carbons (Fsp3) is 0.200. The van der Waals surface area contributed by atoms with E-state index in [0.717, 1.165) is 28.8 Å². The second-order valence-electron chi connectivity index (χ2n) is 5.39. The lowest BCUT2D eigenvalue weighted by molar-refractivity contribution is -0.112. The molecule has 4 nitrogen and oxygen atoms in total. The molecule has 0 fully saturated rings. The number of hydrogen-bond donors (Lipinski definition) is 1. The Bertz CT molecular complexity index is 785. The van der Waals surface area contributed by atoms with Gasteiger partial charge in [-0.2, -0.15) is 5.26 Å². The molecule has 0 aromatic heterocycles. The topological polar surface area (TPSA) is 56.1 Å². The van der Waals surface area contributed by atoms with Crippen LogP contribution >= 0.6 is 15.9 Å². The Balaban J connectivity index is 2.14. The molecule has 0 bridgehead atoms. The molecule has 0 saturated heterocycles. The highest BCUT2D eigenvalue weighted by molar-refractivity contribution is 9.10. The minimum atomic E-state index is -0.419. The van der Waals surface area contributed by atoms with E-state index in [9.17, 15) is 10.1 Å². The summed E-state index contributed by atoms with van der Waals surface area (Å²) in [6.45, 7) is 6.09. The van der Waals surface area contributed by atoms with Crippen LogP contribution in [0.5, 0.6) is 0 Å². The molecule has 0 heterocycles. The standard InChI is InChI=1S/C20H20BrN3O/c1-3-24(4-2)19-11-5-15(6-12-19)13-16(14-22)20(25)23-18-9-7-17(21)8-10-18/h5-13H,3-4H2,1-2H3,(H,23,25)/b16-13+.